The molecule has 1 aromatic rings. The van der Waals surface area contributed by atoms with E-state index in [1.165, 1.54) is 0 Å². The highest BCUT2D eigenvalue weighted by atomic mass is 16.5. The standard InChI is InChI=1S/C10H15NO3/c1-8(7-13-2)14-10-5-9(6-12)3-4-11-10/h3-5,8,12H,6-7H2,1-2H3. The minimum absolute atomic E-state index is 0.00244. The first-order chi connectivity index (χ1) is 6.76. The zero-order valence-corrected chi connectivity index (χ0v) is 8.43. The number of hydrogen-bond donors (Lipinski definition) is 1. The van der Waals surface area contributed by atoms with E-state index in [1.54, 1.807) is 25.4 Å². The van der Waals surface area contributed by atoms with Gasteiger partial charge in [-0.05, 0) is 18.6 Å². The van der Waals surface area contributed by atoms with Gasteiger partial charge in [-0.2, -0.15) is 0 Å². The van der Waals surface area contributed by atoms with E-state index in [4.69, 9.17) is 14.6 Å². The minimum Gasteiger partial charge on any atom is -0.472 e. The molecule has 0 amide bonds. The summed E-state index contributed by atoms with van der Waals surface area (Å²) in [5.41, 5.74) is 0.791. The highest BCUT2D eigenvalue weighted by Gasteiger charge is 2.04. The number of aromatic nitrogens is 1. The number of pyridine rings is 1. The van der Waals surface area contributed by atoms with Crippen molar-refractivity contribution in [2.24, 2.45) is 0 Å². The molecule has 0 bridgehead atoms. The molecule has 0 saturated carbocycles. The zero-order chi connectivity index (χ0) is 10.4. The predicted octanol–water partition coefficient (Wildman–Crippen LogP) is 0.988. The average Bonchev–Trinajstić information content (AvgIpc) is 2.18. The summed E-state index contributed by atoms with van der Waals surface area (Å²) in [5, 5.41) is 8.89. The summed E-state index contributed by atoms with van der Waals surface area (Å²) in [4.78, 5) is 4.02. The fourth-order valence-electron chi connectivity index (χ4n) is 1.09. The Balaban J connectivity index is 2.57. The topological polar surface area (TPSA) is 51.6 Å². The quantitative estimate of drug-likeness (QED) is 0.764. The van der Waals surface area contributed by atoms with Gasteiger partial charge in [0.1, 0.15) is 6.10 Å². The van der Waals surface area contributed by atoms with Crippen LogP contribution in [0.2, 0.25) is 0 Å². The lowest BCUT2D eigenvalue weighted by Gasteiger charge is -2.12. The third kappa shape index (κ3) is 3.32. The fourth-order valence-corrected chi connectivity index (χ4v) is 1.09. The third-order valence-electron chi connectivity index (χ3n) is 1.71. The second-order valence-corrected chi connectivity index (χ2v) is 3.04. The Morgan fingerprint density at radius 1 is 1.57 bits per heavy atom. The molecule has 4 heteroatoms. The van der Waals surface area contributed by atoms with Gasteiger partial charge in [0.25, 0.3) is 0 Å². The van der Waals surface area contributed by atoms with Crippen LogP contribution >= 0.6 is 0 Å². The van der Waals surface area contributed by atoms with Crippen molar-refractivity contribution in [1.82, 2.24) is 4.98 Å². The van der Waals surface area contributed by atoms with E-state index < -0.39 is 0 Å². The Bertz CT molecular complexity index is 278. The second-order valence-electron chi connectivity index (χ2n) is 3.04. The van der Waals surface area contributed by atoms with Gasteiger partial charge in [-0.15, -0.1) is 0 Å². The molecule has 0 aliphatic heterocycles. The van der Waals surface area contributed by atoms with E-state index >= 15 is 0 Å². The Hall–Kier alpha value is -1.13. The van der Waals surface area contributed by atoms with Crippen LogP contribution in [0, 0.1) is 0 Å². The maximum absolute atomic E-state index is 8.89. The summed E-state index contributed by atoms with van der Waals surface area (Å²) in [7, 11) is 1.62. The molecule has 14 heavy (non-hydrogen) atoms. The van der Waals surface area contributed by atoms with Crippen LogP contribution in [0.3, 0.4) is 0 Å². The molecule has 1 N–H and O–H groups in total. The molecule has 0 radical (unpaired) electrons. The van der Waals surface area contributed by atoms with Crippen LogP contribution < -0.4 is 4.74 Å². The highest BCUT2D eigenvalue weighted by molar-refractivity contribution is 5.19. The van der Waals surface area contributed by atoms with Crippen molar-refractivity contribution in [2.75, 3.05) is 13.7 Å². The highest BCUT2D eigenvalue weighted by Crippen LogP contribution is 2.10. The molecule has 4 nitrogen and oxygen atoms in total. The van der Waals surface area contributed by atoms with E-state index in [1.807, 2.05) is 6.92 Å². The zero-order valence-electron chi connectivity index (χ0n) is 8.43. The van der Waals surface area contributed by atoms with Crippen molar-refractivity contribution in [3.05, 3.63) is 23.9 Å². The smallest absolute Gasteiger partial charge is 0.213 e. The van der Waals surface area contributed by atoms with Crippen LogP contribution in [-0.2, 0) is 11.3 Å². The summed E-state index contributed by atoms with van der Waals surface area (Å²) in [6.07, 6.45) is 1.57. The second kappa shape index (κ2) is 5.57. The number of nitrogens with zero attached hydrogens (tertiary/aromatic N) is 1. The Morgan fingerprint density at radius 3 is 3.00 bits per heavy atom. The van der Waals surface area contributed by atoms with E-state index in [0.29, 0.717) is 12.5 Å². The molecule has 0 aliphatic rings. The third-order valence-corrected chi connectivity index (χ3v) is 1.71. The number of aliphatic hydroxyl groups excluding tert-OH is 1. The van der Waals surface area contributed by atoms with Gasteiger partial charge >= 0.3 is 0 Å². The molecule has 0 aromatic carbocycles. The normalized spacial score (nSPS) is 12.5. The number of aliphatic hydroxyl groups is 1. The number of methoxy groups -OCH3 is 1. The van der Waals surface area contributed by atoms with E-state index in [0.717, 1.165) is 5.56 Å². The molecule has 0 saturated heterocycles. The van der Waals surface area contributed by atoms with Crippen molar-refractivity contribution in [3.8, 4) is 5.88 Å². The molecule has 1 heterocycles. The maximum Gasteiger partial charge on any atom is 0.213 e. The largest absolute Gasteiger partial charge is 0.472 e. The summed E-state index contributed by atoms with van der Waals surface area (Å²) in [5.74, 6) is 0.515. The van der Waals surface area contributed by atoms with E-state index in [-0.39, 0.29) is 12.7 Å². The van der Waals surface area contributed by atoms with Crippen LogP contribution in [0.25, 0.3) is 0 Å². The van der Waals surface area contributed by atoms with Gasteiger partial charge < -0.3 is 14.6 Å². The number of ether oxygens (including phenoxy) is 2. The first-order valence-corrected chi connectivity index (χ1v) is 4.47. The Kier molecular flexibility index (Phi) is 4.35. The van der Waals surface area contributed by atoms with Gasteiger partial charge in [0, 0.05) is 19.4 Å². The van der Waals surface area contributed by atoms with Crippen molar-refractivity contribution >= 4 is 0 Å². The van der Waals surface area contributed by atoms with Crippen LogP contribution in [0.4, 0.5) is 0 Å². The molecular weight excluding hydrogens is 182 g/mol. The maximum atomic E-state index is 8.89. The van der Waals surface area contributed by atoms with Crippen LogP contribution in [0.1, 0.15) is 12.5 Å². The lowest BCUT2D eigenvalue weighted by atomic mass is 10.3. The molecule has 1 aromatic heterocycles. The van der Waals surface area contributed by atoms with Gasteiger partial charge in [-0.25, -0.2) is 4.98 Å². The molecule has 78 valence electrons. The molecule has 1 rings (SSSR count). The summed E-state index contributed by atoms with van der Waals surface area (Å²) < 4.78 is 10.4. The van der Waals surface area contributed by atoms with Gasteiger partial charge in [0.15, 0.2) is 0 Å². The van der Waals surface area contributed by atoms with Crippen molar-refractivity contribution < 1.29 is 14.6 Å². The molecule has 1 unspecified atom stereocenters. The fraction of sp³-hybridized carbons (Fsp3) is 0.500. The van der Waals surface area contributed by atoms with Crippen molar-refractivity contribution in [1.29, 1.82) is 0 Å². The average molecular weight is 197 g/mol. The Morgan fingerprint density at radius 2 is 2.36 bits per heavy atom. The molecule has 1 atom stereocenters. The first kappa shape index (κ1) is 10.9. The summed E-state index contributed by atoms with van der Waals surface area (Å²) in [6, 6.07) is 3.46. The number of rotatable bonds is 5. The van der Waals surface area contributed by atoms with Gasteiger partial charge in [-0.3, -0.25) is 0 Å². The summed E-state index contributed by atoms with van der Waals surface area (Å²) >= 11 is 0. The van der Waals surface area contributed by atoms with Crippen LogP contribution in [-0.4, -0.2) is 29.9 Å². The van der Waals surface area contributed by atoms with Crippen molar-refractivity contribution in [2.45, 2.75) is 19.6 Å². The van der Waals surface area contributed by atoms with Crippen LogP contribution in [0.15, 0.2) is 18.3 Å². The number of hydrogen-bond acceptors (Lipinski definition) is 4. The van der Waals surface area contributed by atoms with Gasteiger partial charge in [-0.1, -0.05) is 0 Å². The SMILES string of the molecule is COCC(C)Oc1cc(CO)ccn1. The Labute approximate surface area is 83.5 Å². The predicted molar refractivity (Wildman–Crippen MR) is 52.1 cm³/mol. The molecule has 0 aliphatic carbocycles. The lowest BCUT2D eigenvalue weighted by Crippen LogP contribution is -2.18. The molecule has 0 spiro atoms. The lowest BCUT2D eigenvalue weighted by molar-refractivity contribution is 0.0888. The van der Waals surface area contributed by atoms with E-state index in [9.17, 15) is 0 Å². The first-order valence-electron chi connectivity index (χ1n) is 4.47. The molecular formula is C10H15NO3. The van der Waals surface area contributed by atoms with Gasteiger partial charge in [0.2, 0.25) is 5.88 Å². The summed E-state index contributed by atoms with van der Waals surface area (Å²) in [6.45, 7) is 2.42. The van der Waals surface area contributed by atoms with Gasteiger partial charge in [0.05, 0.1) is 13.2 Å². The van der Waals surface area contributed by atoms with Crippen LogP contribution in [0.5, 0.6) is 5.88 Å². The monoisotopic (exact) mass is 197 g/mol. The minimum atomic E-state index is -0.0403. The molecule has 0 fully saturated rings. The van der Waals surface area contributed by atoms with E-state index in [2.05, 4.69) is 4.98 Å². The van der Waals surface area contributed by atoms with Crippen molar-refractivity contribution in [3.63, 3.8) is 0 Å².